The Morgan fingerprint density at radius 1 is 1.32 bits per heavy atom. The number of anilines is 1. The molecular weight excluding hydrogens is 238 g/mol. The molecule has 0 radical (unpaired) electrons. The van der Waals surface area contributed by atoms with E-state index in [1.54, 1.807) is 0 Å². The first kappa shape index (κ1) is 11.3. The average molecular weight is 257 g/mol. The van der Waals surface area contributed by atoms with Gasteiger partial charge in [-0.05, 0) is 43.5 Å². The van der Waals surface area contributed by atoms with Crippen molar-refractivity contribution in [3.8, 4) is 0 Å². The van der Waals surface area contributed by atoms with Gasteiger partial charge in [-0.3, -0.25) is 0 Å². The molecule has 2 bridgehead atoms. The fourth-order valence-corrected chi connectivity index (χ4v) is 3.49. The van der Waals surface area contributed by atoms with Crippen molar-refractivity contribution < 1.29 is 4.42 Å². The molecule has 1 aromatic carbocycles. The summed E-state index contributed by atoms with van der Waals surface area (Å²) in [6, 6.07) is 6.84. The van der Waals surface area contributed by atoms with E-state index >= 15 is 0 Å². The Morgan fingerprint density at radius 3 is 3.16 bits per heavy atom. The highest BCUT2D eigenvalue weighted by molar-refractivity contribution is 5.77. The molecule has 1 N–H and O–H groups in total. The van der Waals surface area contributed by atoms with Crippen molar-refractivity contribution in [2.75, 3.05) is 25.0 Å². The Bertz CT molecular complexity index is 606. The van der Waals surface area contributed by atoms with Crippen LogP contribution in [0.2, 0.25) is 0 Å². The molecule has 3 unspecified atom stereocenters. The molecule has 0 amide bonds. The normalized spacial score (nSPS) is 29.8. The van der Waals surface area contributed by atoms with Crippen LogP contribution in [0.25, 0.3) is 11.1 Å². The molecule has 19 heavy (non-hydrogen) atoms. The van der Waals surface area contributed by atoms with E-state index in [2.05, 4.69) is 27.3 Å². The number of aromatic nitrogens is 1. The van der Waals surface area contributed by atoms with Gasteiger partial charge in [0.2, 0.25) is 0 Å². The fraction of sp³-hybridized carbons (Fsp3) is 0.533. The third-order valence-corrected chi connectivity index (χ3v) is 4.48. The summed E-state index contributed by atoms with van der Waals surface area (Å²) in [6.45, 7) is 5.67. The van der Waals surface area contributed by atoms with Crippen LogP contribution < -0.4 is 5.32 Å². The van der Waals surface area contributed by atoms with Crippen molar-refractivity contribution in [2.24, 2.45) is 5.92 Å². The van der Waals surface area contributed by atoms with Crippen LogP contribution in [0.15, 0.2) is 22.6 Å². The van der Waals surface area contributed by atoms with Crippen LogP contribution in [0.3, 0.4) is 0 Å². The molecule has 0 saturated carbocycles. The number of oxazole rings is 1. The van der Waals surface area contributed by atoms with E-state index in [-0.39, 0.29) is 0 Å². The number of fused-ring (bicyclic) bond motifs is 3. The second-order valence-electron chi connectivity index (χ2n) is 5.80. The first-order chi connectivity index (χ1) is 9.28. The van der Waals surface area contributed by atoms with E-state index in [0.717, 1.165) is 22.9 Å². The van der Waals surface area contributed by atoms with Crippen LogP contribution in [0.5, 0.6) is 0 Å². The summed E-state index contributed by atoms with van der Waals surface area (Å²) in [5.74, 6) is 1.54. The first-order valence-corrected chi connectivity index (χ1v) is 7.14. The summed E-state index contributed by atoms with van der Waals surface area (Å²) in [7, 11) is 0. The number of hydrogen-bond donors (Lipinski definition) is 1. The first-order valence-electron chi connectivity index (χ1n) is 7.14. The van der Waals surface area contributed by atoms with Gasteiger partial charge < -0.3 is 14.6 Å². The molecule has 0 spiro atoms. The van der Waals surface area contributed by atoms with Crippen molar-refractivity contribution in [2.45, 2.75) is 25.8 Å². The van der Waals surface area contributed by atoms with E-state index in [1.807, 2.05) is 13.0 Å². The Hall–Kier alpha value is -1.55. The summed E-state index contributed by atoms with van der Waals surface area (Å²) >= 11 is 0. The van der Waals surface area contributed by atoms with Crippen LogP contribution in [0, 0.1) is 12.8 Å². The zero-order chi connectivity index (χ0) is 12.8. The number of nitrogens with one attached hydrogen (secondary N) is 1. The zero-order valence-electron chi connectivity index (χ0n) is 11.2. The lowest BCUT2D eigenvalue weighted by Crippen LogP contribution is -2.39. The van der Waals surface area contributed by atoms with Gasteiger partial charge in [-0.2, -0.15) is 0 Å². The average Bonchev–Trinajstić information content (AvgIpc) is 2.95. The predicted octanol–water partition coefficient (Wildman–Crippen LogP) is 2.64. The number of benzene rings is 1. The summed E-state index contributed by atoms with van der Waals surface area (Å²) < 4.78 is 5.52. The lowest BCUT2D eigenvalue weighted by atomic mass is 9.94. The van der Waals surface area contributed by atoms with Crippen molar-refractivity contribution >= 4 is 16.8 Å². The fourth-order valence-electron chi connectivity index (χ4n) is 3.49. The van der Waals surface area contributed by atoms with Crippen molar-refractivity contribution in [3.05, 3.63) is 24.1 Å². The maximum Gasteiger partial charge on any atom is 0.192 e. The largest absolute Gasteiger partial charge is 0.441 e. The molecule has 3 atom stereocenters. The maximum atomic E-state index is 5.52. The van der Waals surface area contributed by atoms with Gasteiger partial charge in [0, 0.05) is 31.7 Å². The minimum absolute atomic E-state index is 0.615. The van der Waals surface area contributed by atoms with E-state index in [0.29, 0.717) is 6.04 Å². The number of aryl methyl sites for hydroxylation is 1. The molecule has 0 aliphatic carbocycles. The second-order valence-corrected chi connectivity index (χ2v) is 5.80. The van der Waals surface area contributed by atoms with Gasteiger partial charge in [-0.25, -0.2) is 4.98 Å². The lowest BCUT2D eigenvalue weighted by molar-refractivity contribution is 0.255. The van der Waals surface area contributed by atoms with Crippen molar-refractivity contribution in [3.63, 3.8) is 0 Å². The standard InChI is InChI=1S/C15H19N3O/c1-10-16-14-8-12(2-3-15(14)19-10)17-13-5-7-18-6-4-11(13)9-18/h2-3,8,11,13,17H,4-7,9H2,1H3. The molecule has 2 aliphatic heterocycles. The zero-order valence-corrected chi connectivity index (χ0v) is 11.2. The number of piperidine rings is 1. The summed E-state index contributed by atoms with van der Waals surface area (Å²) in [6.07, 6.45) is 2.59. The van der Waals surface area contributed by atoms with Crippen LogP contribution in [0.4, 0.5) is 5.69 Å². The van der Waals surface area contributed by atoms with Crippen LogP contribution >= 0.6 is 0 Å². The Kier molecular flexibility index (Phi) is 2.52. The van der Waals surface area contributed by atoms with Crippen molar-refractivity contribution in [1.29, 1.82) is 0 Å². The summed E-state index contributed by atoms with van der Waals surface area (Å²) in [4.78, 5) is 6.98. The molecule has 4 rings (SSSR count). The molecule has 4 nitrogen and oxygen atoms in total. The topological polar surface area (TPSA) is 41.3 Å². The summed E-state index contributed by atoms with van der Waals surface area (Å²) in [5.41, 5.74) is 3.00. The van der Waals surface area contributed by atoms with Crippen LogP contribution in [0.1, 0.15) is 18.7 Å². The van der Waals surface area contributed by atoms with Gasteiger partial charge in [0.15, 0.2) is 11.5 Å². The highest BCUT2D eigenvalue weighted by Crippen LogP contribution is 2.30. The van der Waals surface area contributed by atoms with E-state index < -0.39 is 0 Å². The van der Waals surface area contributed by atoms with Gasteiger partial charge in [0.1, 0.15) is 5.52 Å². The van der Waals surface area contributed by atoms with E-state index in [9.17, 15) is 0 Å². The molecule has 4 heteroatoms. The Morgan fingerprint density at radius 2 is 2.21 bits per heavy atom. The van der Waals surface area contributed by atoms with E-state index in [1.165, 1.54) is 38.2 Å². The van der Waals surface area contributed by atoms with Crippen LogP contribution in [-0.2, 0) is 0 Å². The maximum absolute atomic E-state index is 5.52. The van der Waals surface area contributed by atoms with E-state index in [4.69, 9.17) is 4.42 Å². The quantitative estimate of drug-likeness (QED) is 0.898. The highest BCUT2D eigenvalue weighted by atomic mass is 16.3. The molecule has 2 fully saturated rings. The number of rotatable bonds is 2. The molecule has 100 valence electrons. The predicted molar refractivity (Wildman–Crippen MR) is 75.3 cm³/mol. The SMILES string of the molecule is Cc1nc2cc(NC3CCN4CCC3C4)ccc2o1. The molecule has 1 aromatic heterocycles. The third-order valence-electron chi connectivity index (χ3n) is 4.48. The molecule has 3 heterocycles. The van der Waals surface area contributed by atoms with Crippen molar-refractivity contribution in [1.82, 2.24) is 9.88 Å². The van der Waals surface area contributed by atoms with Gasteiger partial charge in [-0.1, -0.05) is 0 Å². The minimum atomic E-state index is 0.615. The second kappa shape index (κ2) is 4.23. The Labute approximate surface area is 112 Å². The highest BCUT2D eigenvalue weighted by Gasteiger charge is 2.34. The van der Waals surface area contributed by atoms with Crippen LogP contribution in [-0.4, -0.2) is 35.6 Å². The minimum Gasteiger partial charge on any atom is -0.441 e. The molecule has 2 saturated heterocycles. The smallest absolute Gasteiger partial charge is 0.192 e. The van der Waals surface area contributed by atoms with Gasteiger partial charge in [0.25, 0.3) is 0 Å². The van der Waals surface area contributed by atoms with Gasteiger partial charge in [-0.15, -0.1) is 0 Å². The van der Waals surface area contributed by atoms with Gasteiger partial charge >= 0.3 is 0 Å². The summed E-state index contributed by atoms with van der Waals surface area (Å²) in [5, 5.41) is 3.70. The number of nitrogens with zero attached hydrogens (tertiary/aromatic N) is 2. The Balaban J connectivity index is 1.57. The molecule has 2 aromatic rings. The lowest BCUT2D eigenvalue weighted by Gasteiger charge is -2.31. The number of hydrogen-bond acceptors (Lipinski definition) is 4. The van der Waals surface area contributed by atoms with Gasteiger partial charge in [0.05, 0.1) is 0 Å². The third kappa shape index (κ3) is 2.00. The molecular formula is C15H19N3O. The monoisotopic (exact) mass is 257 g/mol. The molecule has 2 aliphatic rings.